The molecule has 0 N–H and O–H groups in total. The molecule has 2 bridgehead atoms. The second-order valence-electron chi connectivity index (χ2n) is 5.12. The van der Waals surface area contributed by atoms with Gasteiger partial charge < -0.3 is 4.74 Å². The third-order valence-electron chi connectivity index (χ3n) is 4.54. The molecule has 3 rings (SSSR count). The van der Waals surface area contributed by atoms with E-state index < -0.39 is 53.4 Å². The van der Waals surface area contributed by atoms with Gasteiger partial charge in [0.1, 0.15) is 0 Å². The molecule has 3 aliphatic rings. The Morgan fingerprint density at radius 3 is 1.55 bits per heavy atom. The van der Waals surface area contributed by atoms with Crippen LogP contribution in [0.4, 0.5) is 26.3 Å². The predicted molar refractivity (Wildman–Crippen MR) is 48.8 cm³/mol. The van der Waals surface area contributed by atoms with Crippen LogP contribution in [-0.4, -0.2) is 24.3 Å². The van der Waals surface area contributed by atoms with E-state index >= 15 is 0 Å². The summed E-state index contributed by atoms with van der Waals surface area (Å²) in [4.78, 5) is 23.2. The molecule has 1 aliphatic heterocycles. The SMILES string of the molecule is O=C1OC(=O)C2(C(F)(F)F)C3C=CC(C3)C12C(F)(F)F. The molecular formula is C11H6F6O3. The summed E-state index contributed by atoms with van der Waals surface area (Å²) in [5.74, 6) is -7.76. The Morgan fingerprint density at radius 2 is 1.25 bits per heavy atom. The number of halogens is 6. The van der Waals surface area contributed by atoms with Crippen molar-refractivity contribution in [3.8, 4) is 0 Å². The maximum absolute atomic E-state index is 13.4. The number of cyclic esters (lactones) is 2. The molecule has 0 aromatic rings. The Kier molecular flexibility index (Phi) is 2.15. The summed E-state index contributed by atoms with van der Waals surface area (Å²) in [6, 6.07) is 0. The van der Waals surface area contributed by atoms with Gasteiger partial charge in [-0.2, -0.15) is 26.3 Å². The average Bonchev–Trinajstić information content (AvgIpc) is 2.86. The fourth-order valence-corrected chi connectivity index (χ4v) is 3.89. The third kappa shape index (κ3) is 1.01. The summed E-state index contributed by atoms with van der Waals surface area (Å²) in [6.07, 6.45) is -9.77. The number of hydrogen-bond donors (Lipinski definition) is 0. The normalized spacial score (nSPS) is 43.1. The van der Waals surface area contributed by atoms with Gasteiger partial charge in [0.15, 0.2) is 10.8 Å². The summed E-state index contributed by atoms with van der Waals surface area (Å²) in [7, 11) is 0. The minimum Gasteiger partial charge on any atom is -0.392 e. The van der Waals surface area contributed by atoms with Crippen LogP contribution >= 0.6 is 0 Å². The number of carbonyl (C=O) groups excluding carboxylic acids is 2. The minimum atomic E-state index is -5.53. The summed E-state index contributed by atoms with van der Waals surface area (Å²) < 4.78 is 84.1. The van der Waals surface area contributed by atoms with E-state index in [0.29, 0.717) is 0 Å². The second kappa shape index (κ2) is 3.20. The van der Waals surface area contributed by atoms with E-state index in [-0.39, 0.29) is 0 Å². The molecular weight excluding hydrogens is 294 g/mol. The first-order valence-electron chi connectivity index (χ1n) is 5.59. The van der Waals surface area contributed by atoms with E-state index in [2.05, 4.69) is 4.74 Å². The highest BCUT2D eigenvalue weighted by atomic mass is 19.4. The van der Waals surface area contributed by atoms with Gasteiger partial charge in [-0.05, 0) is 6.42 Å². The molecule has 0 aromatic carbocycles. The zero-order valence-corrected chi connectivity index (χ0v) is 9.51. The van der Waals surface area contributed by atoms with Crippen molar-refractivity contribution in [3.05, 3.63) is 12.2 Å². The summed E-state index contributed by atoms with van der Waals surface area (Å²) in [5.41, 5.74) is -7.70. The lowest BCUT2D eigenvalue weighted by atomic mass is 9.58. The Morgan fingerprint density at radius 1 is 0.900 bits per heavy atom. The number of rotatable bonds is 0. The molecule has 2 aliphatic carbocycles. The maximum atomic E-state index is 13.4. The van der Waals surface area contributed by atoms with Crippen molar-refractivity contribution in [2.24, 2.45) is 22.7 Å². The van der Waals surface area contributed by atoms with Crippen LogP contribution in [0.5, 0.6) is 0 Å². The minimum absolute atomic E-state index is 0.542. The number of allylic oxidation sites excluding steroid dienone is 2. The van der Waals surface area contributed by atoms with E-state index in [1.165, 1.54) is 0 Å². The highest BCUT2D eigenvalue weighted by Gasteiger charge is 2.94. The molecule has 0 aromatic heterocycles. The highest BCUT2D eigenvalue weighted by molar-refractivity contribution is 6.04. The quantitative estimate of drug-likeness (QED) is 0.298. The molecule has 20 heavy (non-hydrogen) atoms. The highest BCUT2D eigenvalue weighted by Crippen LogP contribution is 2.76. The standard InChI is InChI=1S/C11H6F6O3/c12-10(13,14)8-4-1-2-5(3-4)9(8,11(15,16)17)7(19)20-6(8)18/h1-2,4-5H,3H2. The van der Waals surface area contributed by atoms with Crippen molar-refractivity contribution in [2.75, 3.05) is 0 Å². The molecule has 0 radical (unpaired) electrons. The van der Waals surface area contributed by atoms with Crippen LogP contribution in [0.2, 0.25) is 0 Å². The number of esters is 2. The zero-order valence-electron chi connectivity index (χ0n) is 9.51. The number of carbonyl (C=O) groups is 2. The van der Waals surface area contributed by atoms with Gasteiger partial charge in [0.25, 0.3) is 0 Å². The van der Waals surface area contributed by atoms with Gasteiger partial charge in [-0.1, -0.05) is 12.2 Å². The number of hydrogen-bond acceptors (Lipinski definition) is 3. The number of ether oxygens (including phenoxy) is 1. The average molecular weight is 300 g/mol. The van der Waals surface area contributed by atoms with Crippen LogP contribution in [0.15, 0.2) is 12.2 Å². The van der Waals surface area contributed by atoms with Crippen LogP contribution in [0, 0.1) is 22.7 Å². The summed E-state index contributed by atoms with van der Waals surface area (Å²) in [5, 5.41) is 0. The van der Waals surface area contributed by atoms with Crippen molar-refractivity contribution in [3.63, 3.8) is 0 Å². The van der Waals surface area contributed by atoms with Crippen molar-refractivity contribution in [1.29, 1.82) is 0 Å². The predicted octanol–water partition coefficient (Wildman–Crippen LogP) is 2.37. The largest absolute Gasteiger partial charge is 0.407 e. The molecule has 3 nitrogen and oxygen atoms in total. The van der Waals surface area contributed by atoms with Gasteiger partial charge in [-0.25, -0.2) is 0 Å². The molecule has 2 fully saturated rings. The van der Waals surface area contributed by atoms with E-state index in [1.54, 1.807) is 0 Å². The zero-order chi connectivity index (χ0) is 15.1. The molecule has 1 saturated heterocycles. The van der Waals surface area contributed by atoms with E-state index in [9.17, 15) is 35.9 Å². The Balaban J connectivity index is 2.40. The molecule has 4 atom stereocenters. The van der Waals surface area contributed by atoms with Crippen LogP contribution in [0.3, 0.4) is 0 Å². The lowest BCUT2D eigenvalue weighted by Gasteiger charge is -2.42. The molecule has 110 valence electrons. The Labute approximate surface area is 107 Å². The lowest BCUT2D eigenvalue weighted by Crippen LogP contribution is -2.63. The van der Waals surface area contributed by atoms with Crippen LogP contribution < -0.4 is 0 Å². The number of alkyl halides is 6. The van der Waals surface area contributed by atoms with Gasteiger partial charge in [-0.15, -0.1) is 0 Å². The second-order valence-corrected chi connectivity index (χ2v) is 5.12. The van der Waals surface area contributed by atoms with Gasteiger partial charge in [0.05, 0.1) is 0 Å². The van der Waals surface area contributed by atoms with Crippen molar-refractivity contribution < 1.29 is 40.7 Å². The van der Waals surface area contributed by atoms with Crippen LogP contribution in [-0.2, 0) is 14.3 Å². The summed E-state index contributed by atoms with van der Waals surface area (Å²) in [6.45, 7) is 0. The fraction of sp³-hybridized carbons (Fsp3) is 0.636. The van der Waals surface area contributed by atoms with Crippen molar-refractivity contribution >= 4 is 11.9 Å². The summed E-state index contributed by atoms with van der Waals surface area (Å²) >= 11 is 0. The maximum Gasteiger partial charge on any atom is 0.407 e. The van der Waals surface area contributed by atoms with Gasteiger partial charge >= 0.3 is 24.3 Å². The molecule has 0 amide bonds. The van der Waals surface area contributed by atoms with Gasteiger partial charge in [0.2, 0.25) is 0 Å². The number of fused-ring (bicyclic) bond motifs is 5. The lowest BCUT2D eigenvalue weighted by molar-refractivity contribution is -0.313. The van der Waals surface area contributed by atoms with E-state index in [4.69, 9.17) is 0 Å². The molecule has 1 heterocycles. The van der Waals surface area contributed by atoms with Gasteiger partial charge in [-0.3, -0.25) is 9.59 Å². The first kappa shape index (κ1) is 13.4. The monoisotopic (exact) mass is 300 g/mol. The fourth-order valence-electron chi connectivity index (χ4n) is 3.89. The van der Waals surface area contributed by atoms with E-state index in [0.717, 1.165) is 12.2 Å². The van der Waals surface area contributed by atoms with Crippen LogP contribution in [0.25, 0.3) is 0 Å². The molecule has 0 spiro atoms. The molecule has 1 saturated carbocycles. The smallest absolute Gasteiger partial charge is 0.392 e. The molecule has 9 heteroatoms. The first-order valence-corrected chi connectivity index (χ1v) is 5.59. The van der Waals surface area contributed by atoms with Crippen molar-refractivity contribution in [2.45, 2.75) is 18.8 Å². The van der Waals surface area contributed by atoms with Crippen molar-refractivity contribution in [1.82, 2.24) is 0 Å². The van der Waals surface area contributed by atoms with E-state index in [1.807, 2.05) is 0 Å². The van der Waals surface area contributed by atoms with Crippen LogP contribution in [0.1, 0.15) is 6.42 Å². The Hall–Kier alpha value is -1.54. The topological polar surface area (TPSA) is 43.4 Å². The molecule has 4 unspecified atom stereocenters. The third-order valence-corrected chi connectivity index (χ3v) is 4.54. The Bertz CT molecular complexity index is 501. The van der Waals surface area contributed by atoms with Gasteiger partial charge in [0, 0.05) is 11.8 Å². The first-order chi connectivity index (χ1) is 9.01.